The Balaban J connectivity index is 2.60. The molecule has 1 rings (SSSR count). The summed E-state index contributed by atoms with van der Waals surface area (Å²) in [5.41, 5.74) is 1.06. The topological polar surface area (TPSA) is 24.9 Å². The van der Waals surface area contributed by atoms with Gasteiger partial charge in [-0.3, -0.25) is 0 Å². The molecule has 0 aliphatic rings. The molecule has 0 saturated carbocycles. The molecule has 1 N–H and O–H groups in total. The Labute approximate surface area is 103 Å². The number of nitrogens with zero attached hydrogens (tertiary/aromatic N) is 1. The van der Waals surface area contributed by atoms with Gasteiger partial charge in [-0.25, -0.2) is 4.98 Å². The van der Waals surface area contributed by atoms with Gasteiger partial charge in [-0.05, 0) is 40.5 Å². The van der Waals surface area contributed by atoms with Crippen LogP contribution < -0.4 is 5.32 Å². The van der Waals surface area contributed by atoms with E-state index in [2.05, 4.69) is 43.0 Å². The van der Waals surface area contributed by atoms with Gasteiger partial charge >= 0.3 is 0 Å². The summed E-state index contributed by atoms with van der Waals surface area (Å²) in [6, 6.07) is 0.484. The molecule has 0 aliphatic carbocycles. The van der Waals surface area contributed by atoms with Crippen LogP contribution in [0.4, 0.5) is 0 Å². The zero-order valence-electron chi connectivity index (χ0n) is 10.7. The Bertz CT molecular complexity index is 341. The van der Waals surface area contributed by atoms with Crippen molar-refractivity contribution in [3.8, 4) is 0 Å². The first-order chi connectivity index (χ1) is 7.45. The number of thiazole rings is 1. The molecule has 0 saturated heterocycles. The lowest BCUT2D eigenvalue weighted by atomic mass is 10.0. The molecule has 0 amide bonds. The van der Waals surface area contributed by atoms with Gasteiger partial charge in [-0.15, -0.1) is 17.9 Å². The summed E-state index contributed by atoms with van der Waals surface area (Å²) in [4.78, 5) is 4.55. The van der Waals surface area contributed by atoms with Crippen LogP contribution in [0.15, 0.2) is 18.0 Å². The predicted molar refractivity (Wildman–Crippen MR) is 71.9 cm³/mol. The van der Waals surface area contributed by atoms with Crippen molar-refractivity contribution in [2.45, 2.75) is 52.1 Å². The third-order valence-electron chi connectivity index (χ3n) is 2.56. The molecule has 0 fully saturated rings. The third-order valence-corrected chi connectivity index (χ3v) is 3.85. The highest BCUT2D eigenvalue weighted by Gasteiger charge is 2.25. The maximum atomic E-state index is 4.55. The minimum Gasteiger partial charge on any atom is -0.303 e. The van der Waals surface area contributed by atoms with Crippen molar-refractivity contribution in [3.05, 3.63) is 28.7 Å². The number of hydrogen-bond acceptors (Lipinski definition) is 3. The van der Waals surface area contributed by atoms with Gasteiger partial charge in [0.2, 0.25) is 0 Å². The van der Waals surface area contributed by atoms with Gasteiger partial charge in [0.25, 0.3) is 0 Å². The van der Waals surface area contributed by atoms with Gasteiger partial charge in [-0.2, -0.15) is 0 Å². The Hall–Kier alpha value is -0.670. The Morgan fingerprint density at radius 1 is 1.62 bits per heavy atom. The fourth-order valence-corrected chi connectivity index (χ4v) is 2.64. The Kier molecular flexibility index (Phi) is 4.69. The molecule has 90 valence electrons. The second kappa shape index (κ2) is 5.60. The van der Waals surface area contributed by atoms with Crippen molar-refractivity contribution in [2.75, 3.05) is 0 Å². The van der Waals surface area contributed by atoms with E-state index in [1.165, 1.54) is 0 Å². The first-order valence-electron chi connectivity index (χ1n) is 5.77. The number of allylic oxidation sites excluding steroid dienone is 1. The molecule has 0 radical (unpaired) electrons. The number of nitrogens with one attached hydrogen (secondary N) is 1. The molecule has 3 heteroatoms. The molecule has 1 aromatic rings. The highest BCUT2D eigenvalue weighted by atomic mass is 32.1. The average molecular weight is 238 g/mol. The van der Waals surface area contributed by atoms with E-state index in [0.717, 1.165) is 23.5 Å². The lowest BCUT2D eigenvalue weighted by Crippen LogP contribution is -2.42. The van der Waals surface area contributed by atoms with Gasteiger partial charge in [0.05, 0.1) is 5.54 Å². The summed E-state index contributed by atoms with van der Waals surface area (Å²) in [6.07, 6.45) is 4.15. The monoisotopic (exact) mass is 238 g/mol. The summed E-state index contributed by atoms with van der Waals surface area (Å²) >= 11 is 1.73. The zero-order valence-corrected chi connectivity index (χ0v) is 11.5. The fourth-order valence-electron chi connectivity index (χ4n) is 1.76. The number of rotatable bonds is 6. The van der Waals surface area contributed by atoms with Crippen LogP contribution in [0.25, 0.3) is 0 Å². The molecule has 1 atom stereocenters. The molecule has 0 spiro atoms. The van der Waals surface area contributed by atoms with Gasteiger partial charge in [0, 0.05) is 17.1 Å². The van der Waals surface area contributed by atoms with Crippen molar-refractivity contribution in [1.29, 1.82) is 0 Å². The van der Waals surface area contributed by atoms with Gasteiger partial charge in [0.1, 0.15) is 5.01 Å². The van der Waals surface area contributed by atoms with Crippen LogP contribution in [-0.2, 0) is 5.54 Å². The van der Waals surface area contributed by atoms with Crippen LogP contribution >= 0.6 is 11.3 Å². The normalized spacial score (nSPS) is 13.8. The van der Waals surface area contributed by atoms with E-state index in [1.54, 1.807) is 11.3 Å². The molecule has 0 aliphatic heterocycles. The quantitative estimate of drug-likeness (QED) is 0.766. The Morgan fingerprint density at radius 2 is 2.31 bits per heavy atom. The van der Waals surface area contributed by atoms with Crippen LogP contribution in [0.5, 0.6) is 0 Å². The summed E-state index contributed by atoms with van der Waals surface area (Å²) in [7, 11) is 0. The number of aromatic nitrogens is 1. The smallest absolute Gasteiger partial charge is 0.112 e. The number of hydrogen-bond donors (Lipinski definition) is 1. The van der Waals surface area contributed by atoms with Crippen LogP contribution in [0, 0.1) is 6.92 Å². The fraction of sp³-hybridized carbons (Fsp3) is 0.615. The summed E-state index contributed by atoms with van der Waals surface area (Å²) in [5, 5.41) is 6.89. The second-order valence-electron chi connectivity index (χ2n) is 4.83. The van der Waals surface area contributed by atoms with E-state index in [0.29, 0.717) is 6.04 Å². The van der Waals surface area contributed by atoms with Crippen LogP contribution in [0.1, 0.15) is 44.3 Å². The molecule has 1 heterocycles. The van der Waals surface area contributed by atoms with Crippen molar-refractivity contribution in [3.63, 3.8) is 0 Å². The van der Waals surface area contributed by atoms with Gasteiger partial charge < -0.3 is 5.32 Å². The first-order valence-corrected chi connectivity index (χ1v) is 6.65. The van der Waals surface area contributed by atoms with Gasteiger partial charge in [0.15, 0.2) is 0 Å². The molecule has 1 unspecified atom stereocenters. The van der Waals surface area contributed by atoms with Crippen molar-refractivity contribution in [1.82, 2.24) is 10.3 Å². The van der Waals surface area contributed by atoms with Crippen LogP contribution in [-0.4, -0.2) is 11.0 Å². The van der Waals surface area contributed by atoms with Crippen molar-refractivity contribution in [2.24, 2.45) is 0 Å². The van der Waals surface area contributed by atoms with E-state index in [1.807, 2.05) is 13.0 Å². The van der Waals surface area contributed by atoms with E-state index >= 15 is 0 Å². The molecule has 2 nitrogen and oxygen atoms in total. The average Bonchev–Trinajstić information content (AvgIpc) is 2.62. The molecule has 16 heavy (non-hydrogen) atoms. The Morgan fingerprint density at radius 3 is 2.81 bits per heavy atom. The molecular formula is C13H22N2S. The maximum absolute atomic E-state index is 4.55. The third kappa shape index (κ3) is 3.72. The van der Waals surface area contributed by atoms with E-state index in [4.69, 9.17) is 0 Å². The van der Waals surface area contributed by atoms with Crippen LogP contribution in [0.3, 0.4) is 0 Å². The molecule has 0 aromatic carbocycles. The minimum absolute atomic E-state index is 0.0421. The van der Waals surface area contributed by atoms with Crippen LogP contribution in [0.2, 0.25) is 0 Å². The van der Waals surface area contributed by atoms with E-state index in [9.17, 15) is 0 Å². The minimum atomic E-state index is -0.0421. The second-order valence-corrected chi connectivity index (χ2v) is 5.69. The highest BCUT2D eigenvalue weighted by Crippen LogP contribution is 2.24. The maximum Gasteiger partial charge on any atom is 0.112 e. The molecule has 1 aromatic heterocycles. The molecule has 0 bridgehead atoms. The van der Waals surface area contributed by atoms with Crippen molar-refractivity contribution < 1.29 is 0 Å². The van der Waals surface area contributed by atoms with E-state index in [-0.39, 0.29) is 5.54 Å². The largest absolute Gasteiger partial charge is 0.303 e. The molecular weight excluding hydrogens is 216 g/mol. The standard InChI is InChI=1S/C13H22N2S/c1-6-7-8-10(2)15-13(4,5)12-14-11(3)9-16-12/h6,9-10,15H,1,7-8H2,2-5H3. The SMILES string of the molecule is C=CCCC(C)NC(C)(C)c1nc(C)cs1. The first kappa shape index (κ1) is 13.4. The highest BCUT2D eigenvalue weighted by molar-refractivity contribution is 7.09. The van der Waals surface area contributed by atoms with Gasteiger partial charge in [-0.1, -0.05) is 6.08 Å². The number of aryl methyl sites for hydroxylation is 1. The lowest BCUT2D eigenvalue weighted by molar-refractivity contribution is 0.341. The zero-order chi connectivity index (χ0) is 12.2. The lowest BCUT2D eigenvalue weighted by Gasteiger charge is -2.28. The van der Waals surface area contributed by atoms with Crippen molar-refractivity contribution >= 4 is 11.3 Å². The summed E-state index contributed by atoms with van der Waals surface area (Å²) < 4.78 is 0. The van der Waals surface area contributed by atoms with E-state index < -0.39 is 0 Å². The predicted octanol–water partition coefficient (Wildman–Crippen LogP) is 3.63. The summed E-state index contributed by atoms with van der Waals surface area (Å²) in [5.74, 6) is 0. The summed E-state index contributed by atoms with van der Waals surface area (Å²) in [6.45, 7) is 12.4.